The van der Waals surface area contributed by atoms with Gasteiger partial charge in [0.15, 0.2) is 0 Å². The van der Waals surface area contributed by atoms with Crippen LogP contribution < -0.4 is 0 Å². The molecular weight excluding hydrogens is 404 g/mol. The van der Waals surface area contributed by atoms with Gasteiger partial charge in [-0.25, -0.2) is 0 Å². The number of rotatable bonds is 1. The van der Waals surface area contributed by atoms with E-state index in [0.29, 0.717) is 0 Å². The fraction of sp³-hybridized carbons (Fsp3) is 0. The highest BCUT2D eigenvalue weighted by Crippen LogP contribution is 2.42. The Morgan fingerprint density at radius 2 is 1.58 bits per heavy atom. The summed E-state index contributed by atoms with van der Waals surface area (Å²) in [7, 11) is 0. The monoisotopic (exact) mass is 420 g/mol. The van der Waals surface area contributed by atoms with Crippen LogP contribution in [-0.2, 0) is 0 Å². The van der Waals surface area contributed by atoms with E-state index in [1.54, 1.807) is 0 Å². The Labute approximate surface area is 188 Å². The molecule has 0 aliphatic heterocycles. The van der Waals surface area contributed by atoms with E-state index in [1.165, 1.54) is 5.39 Å². The standard InChI is InChI=1S/C30H16N2O/c1-2-8-18(9-3-1)32-26-15-14-21-20-11-5-7-13-28(20)33-30(21)29(26)23-16-22-19-10-4-6-12-24(19)31-25(22)17-27(23)32/h1-3,5-9,11-17,31H. The molecular formula is C30H16N2O. The lowest BCUT2D eigenvalue weighted by Gasteiger charge is -2.07. The molecule has 0 aliphatic carbocycles. The van der Waals surface area contributed by atoms with Crippen LogP contribution >= 0.6 is 0 Å². The number of aromatic amines is 1. The third-order valence-electron chi connectivity index (χ3n) is 6.76. The summed E-state index contributed by atoms with van der Waals surface area (Å²) in [6, 6.07) is 38.1. The van der Waals surface area contributed by atoms with Crippen LogP contribution in [0.4, 0.5) is 0 Å². The molecule has 8 aromatic rings. The van der Waals surface area contributed by atoms with Gasteiger partial charge in [-0.05, 0) is 54.6 Å². The fourth-order valence-electron chi connectivity index (χ4n) is 5.35. The molecule has 3 heterocycles. The largest absolute Gasteiger partial charge is 0.455 e. The lowest BCUT2D eigenvalue weighted by molar-refractivity contribution is 0.673. The number of H-pyrrole nitrogens is 1. The maximum absolute atomic E-state index is 6.47. The quantitative estimate of drug-likeness (QED) is 0.287. The third kappa shape index (κ3) is 2.15. The number of hydrogen-bond donors (Lipinski definition) is 1. The number of nitrogens with one attached hydrogen (secondary N) is 1. The summed E-state index contributed by atoms with van der Waals surface area (Å²) in [5.41, 5.74) is 7.42. The van der Waals surface area contributed by atoms with Gasteiger partial charge in [0.1, 0.15) is 11.2 Å². The Bertz CT molecular complexity index is 2020. The molecule has 0 saturated heterocycles. The Morgan fingerprint density at radius 3 is 2.52 bits per heavy atom. The van der Waals surface area contributed by atoms with Gasteiger partial charge in [0.05, 0.1) is 27.3 Å². The number of para-hydroxylation sites is 2. The van der Waals surface area contributed by atoms with Gasteiger partial charge >= 0.3 is 0 Å². The maximum atomic E-state index is 6.47. The van der Waals surface area contributed by atoms with Gasteiger partial charge in [-0.1, -0.05) is 48.5 Å². The van der Waals surface area contributed by atoms with Crippen molar-refractivity contribution in [2.24, 2.45) is 0 Å². The maximum Gasteiger partial charge on any atom is 0.145 e. The van der Waals surface area contributed by atoms with Gasteiger partial charge in [-0.15, -0.1) is 0 Å². The zero-order chi connectivity index (χ0) is 21.5. The Hall–Kier alpha value is -4.68. The zero-order valence-electron chi connectivity index (χ0n) is 17.5. The van der Waals surface area contributed by atoms with Crippen molar-refractivity contribution in [3.05, 3.63) is 103 Å². The number of aromatic nitrogens is 2. The molecule has 0 spiro atoms. The van der Waals surface area contributed by atoms with Gasteiger partial charge in [-0.2, -0.15) is 0 Å². The minimum atomic E-state index is 0.914. The van der Waals surface area contributed by atoms with E-state index in [-0.39, 0.29) is 0 Å². The normalized spacial score (nSPS) is 12.0. The van der Waals surface area contributed by atoms with E-state index in [2.05, 4.69) is 94.5 Å². The van der Waals surface area contributed by atoms with Gasteiger partial charge in [-0.3, -0.25) is 0 Å². The van der Waals surface area contributed by atoms with Gasteiger partial charge in [0.2, 0.25) is 0 Å². The van der Waals surface area contributed by atoms with Crippen molar-refractivity contribution in [3.8, 4) is 5.69 Å². The highest BCUT2D eigenvalue weighted by atomic mass is 16.3. The second-order valence-corrected chi connectivity index (χ2v) is 8.54. The van der Waals surface area contributed by atoms with Gasteiger partial charge in [0.25, 0.3) is 0 Å². The average molecular weight is 420 g/mol. The molecule has 5 aromatic carbocycles. The van der Waals surface area contributed by atoms with Crippen molar-refractivity contribution in [3.63, 3.8) is 0 Å². The topological polar surface area (TPSA) is 33.9 Å². The molecule has 0 bridgehead atoms. The minimum Gasteiger partial charge on any atom is -0.455 e. The van der Waals surface area contributed by atoms with Crippen LogP contribution in [-0.4, -0.2) is 9.55 Å². The molecule has 152 valence electrons. The molecule has 8 rings (SSSR count). The third-order valence-corrected chi connectivity index (χ3v) is 6.76. The second-order valence-electron chi connectivity index (χ2n) is 8.54. The molecule has 0 aliphatic rings. The van der Waals surface area contributed by atoms with Crippen molar-refractivity contribution in [2.75, 3.05) is 0 Å². The number of fused-ring (bicyclic) bond motifs is 10. The first-order valence-corrected chi connectivity index (χ1v) is 11.0. The van der Waals surface area contributed by atoms with Crippen molar-refractivity contribution in [1.82, 2.24) is 9.55 Å². The van der Waals surface area contributed by atoms with E-state index < -0.39 is 0 Å². The van der Waals surface area contributed by atoms with Crippen LogP contribution in [0.3, 0.4) is 0 Å². The van der Waals surface area contributed by atoms with E-state index in [4.69, 9.17) is 4.42 Å². The highest BCUT2D eigenvalue weighted by molar-refractivity contribution is 6.26. The number of benzene rings is 4. The molecule has 3 nitrogen and oxygen atoms in total. The van der Waals surface area contributed by atoms with Crippen LogP contribution in [0.5, 0.6) is 0 Å². The van der Waals surface area contributed by atoms with Crippen molar-refractivity contribution in [2.45, 2.75) is 0 Å². The van der Waals surface area contributed by atoms with Crippen LogP contribution in [0.25, 0.3) is 71.2 Å². The highest BCUT2D eigenvalue weighted by Gasteiger charge is 2.20. The van der Waals surface area contributed by atoms with Crippen LogP contribution in [0, 0.1) is 12.1 Å². The summed E-state index contributed by atoms with van der Waals surface area (Å²) in [5.74, 6) is 0. The molecule has 0 radical (unpaired) electrons. The second kappa shape index (κ2) is 5.97. The Kier molecular flexibility index (Phi) is 3.06. The molecule has 0 atom stereocenters. The van der Waals surface area contributed by atoms with E-state index in [0.717, 1.165) is 65.9 Å². The first-order valence-electron chi connectivity index (χ1n) is 11.0. The summed E-state index contributed by atoms with van der Waals surface area (Å²) in [5, 5.41) is 6.81. The minimum absolute atomic E-state index is 0.914. The number of hydrogen-bond acceptors (Lipinski definition) is 1. The SMILES string of the molecule is c1ccc2[nH]c3cc4c(cc3c2c#1)c1c2oc3ccccc3c2ccc1n4-c1ccccc1. The van der Waals surface area contributed by atoms with Gasteiger partial charge < -0.3 is 14.0 Å². The lowest BCUT2D eigenvalue weighted by atomic mass is 10.1. The van der Waals surface area contributed by atoms with Crippen molar-refractivity contribution in [1.29, 1.82) is 0 Å². The number of furan rings is 1. The first-order chi connectivity index (χ1) is 16.4. The van der Waals surface area contributed by atoms with Crippen LogP contribution in [0.2, 0.25) is 0 Å². The van der Waals surface area contributed by atoms with Crippen LogP contribution in [0.1, 0.15) is 0 Å². The Balaban J connectivity index is 1.65. The predicted molar refractivity (Wildman–Crippen MR) is 135 cm³/mol. The van der Waals surface area contributed by atoms with Crippen molar-refractivity contribution >= 4 is 65.6 Å². The summed E-state index contributed by atoms with van der Waals surface area (Å²) < 4.78 is 8.80. The summed E-state index contributed by atoms with van der Waals surface area (Å²) in [4.78, 5) is 3.56. The smallest absolute Gasteiger partial charge is 0.145 e. The molecule has 0 amide bonds. The molecule has 0 fully saturated rings. The fourth-order valence-corrected chi connectivity index (χ4v) is 5.35. The summed E-state index contributed by atoms with van der Waals surface area (Å²) in [6.45, 7) is 0. The van der Waals surface area contributed by atoms with E-state index >= 15 is 0 Å². The van der Waals surface area contributed by atoms with E-state index in [1.807, 2.05) is 18.2 Å². The molecule has 0 saturated carbocycles. The number of nitrogens with zero attached hydrogens (tertiary/aromatic N) is 1. The predicted octanol–water partition coefficient (Wildman–Crippen LogP) is 7.92. The van der Waals surface area contributed by atoms with E-state index in [9.17, 15) is 0 Å². The first kappa shape index (κ1) is 16.9. The zero-order valence-corrected chi connectivity index (χ0v) is 17.5. The summed E-state index contributed by atoms with van der Waals surface area (Å²) >= 11 is 0. The average Bonchev–Trinajstić information content (AvgIpc) is 3.52. The summed E-state index contributed by atoms with van der Waals surface area (Å²) in [6.07, 6.45) is 0. The Morgan fingerprint density at radius 1 is 0.697 bits per heavy atom. The molecule has 0 unspecified atom stereocenters. The molecule has 1 N–H and O–H groups in total. The molecule has 33 heavy (non-hydrogen) atoms. The lowest BCUT2D eigenvalue weighted by Crippen LogP contribution is -1.92. The van der Waals surface area contributed by atoms with Gasteiger partial charge in [0, 0.05) is 32.7 Å². The molecule has 3 aromatic heterocycles. The van der Waals surface area contributed by atoms with Crippen molar-refractivity contribution < 1.29 is 4.42 Å². The molecule has 3 heteroatoms. The van der Waals surface area contributed by atoms with Crippen LogP contribution in [0.15, 0.2) is 95.4 Å².